The van der Waals surface area contributed by atoms with E-state index in [0.29, 0.717) is 13.0 Å². The van der Waals surface area contributed by atoms with Gasteiger partial charge in [0.2, 0.25) is 5.91 Å². The highest BCUT2D eigenvalue weighted by Gasteiger charge is 2.30. The minimum Gasteiger partial charge on any atom is -0.481 e. The molecule has 1 aliphatic rings. The van der Waals surface area contributed by atoms with E-state index in [4.69, 9.17) is 9.84 Å². The minimum atomic E-state index is -1.23. The van der Waals surface area contributed by atoms with E-state index in [9.17, 15) is 14.4 Å². The van der Waals surface area contributed by atoms with Crippen molar-refractivity contribution in [1.29, 1.82) is 0 Å². The van der Waals surface area contributed by atoms with Crippen molar-refractivity contribution in [2.24, 2.45) is 0 Å². The Morgan fingerprint density at radius 2 is 1.69 bits per heavy atom. The Balaban J connectivity index is 1.60. The number of ether oxygens (including phenoxy) is 1. The lowest BCUT2D eigenvalue weighted by atomic mass is 9.98. The first-order chi connectivity index (χ1) is 15.5. The molecule has 0 saturated carbocycles. The zero-order valence-corrected chi connectivity index (χ0v) is 17.6. The third-order valence-corrected chi connectivity index (χ3v) is 5.21. The van der Waals surface area contributed by atoms with Crippen molar-refractivity contribution in [3.63, 3.8) is 0 Å². The van der Waals surface area contributed by atoms with E-state index in [1.54, 1.807) is 12.2 Å². The number of carbonyl (C=O) groups is 3. The Bertz CT molecular complexity index is 985. The molecular weight excluding hydrogens is 408 g/mol. The molecule has 2 aromatic rings. The molecule has 0 saturated heterocycles. The number of rotatable bonds is 10. The number of carboxylic acid groups (broad SMARTS) is 1. The van der Waals surface area contributed by atoms with Gasteiger partial charge in [-0.1, -0.05) is 73.3 Å². The quantitative estimate of drug-likeness (QED) is 0.391. The molecule has 0 aromatic heterocycles. The molecule has 0 radical (unpaired) electrons. The Hall–Kier alpha value is -3.87. The van der Waals surface area contributed by atoms with Crippen LogP contribution in [-0.4, -0.2) is 42.3 Å². The van der Waals surface area contributed by atoms with Gasteiger partial charge in [-0.2, -0.15) is 0 Å². The molecule has 0 fully saturated rings. The third-order valence-electron chi connectivity index (χ3n) is 5.21. The van der Waals surface area contributed by atoms with E-state index in [2.05, 4.69) is 17.2 Å². The van der Waals surface area contributed by atoms with E-state index in [1.165, 1.54) is 0 Å². The lowest BCUT2D eigenvalue weighted by molar-refractivity contribution is -0.139. The third kappa shape index (κ3) is 5.63. The van der Waals surface area contributed by atoms with Crippen molar-refractivity contribution < 1.29 is 24.2 Å². The molecule has 3 N–H and O–H groups in total. The fourth-order valence-electron chi connectivity index (χ4n) is 3.76. The van der Waals surface area contributed by atoms with Crippen LogP contribution in [0.25, 0.3) is 11.1 Å². The molecule has 1 aliphatic carbocycles. The number of carboxylic acids is 1. The maximum Gasteiger partial charge on any atom is 0.407 e. The molecule has 1 unspecified atom stereocenters. The van der Waals surface area contributed by atoms with E-state index in [1.807, 2.05) is 54.6 Å². The molecule has 2 amide bonds. The topological polar surface area (TPSA) is 105 Å². The fourth-order valence-corrected chi connectivity index (χ4v) is 3.76. The van der Waals surface area contributed by atoms with Gasteiger partial charge in [-0.3, -0.25) is 9.59 Å². The Labute approximate surface area is 186 Å². The summed E-state index contributed by atoms with van der Waals surface area (Å²) in [5.74, 6) is -1.90. The number of hydrogen-bond acceptors (Lipinski definition) is 4. The van der Waals surface area contributed by atoms with E-state index in [-0.39, 0.29) is 12.5 Å². The van der Waals surface area contributed by atoms with Gasteiger partial charge in [0.05, 0.1) is 6.42 Å². The molecular formula is C25H26N2O5. The Morgan fingerprint density at radius 1 is 1.06 bits per heavy atom. The van der Waals surface area contributed by atoms with Gasteiger partial charge >= 0.3 is 12.1 Å². The summed E-state index contributed by atoms with van der Waals surface area (Å²) in [7, 11) is 0. The number of hydrogen-bond donors (Lipinski definition) is 3. The second kappa shape index (κ2) is 10.9. The number of nitrogens with one attached hydrogen (secondary N) is 2. The lowest BCUT2D eigenvalue weighted by Crippen LogP contribution is -2.48. The highest BCUT2D eigenvalue weighted by molar-refractivity contribution is 5.89. The predicted molar refractivity (Wildman–Crippen MR) is 121 cm³/mol. The number of alkyl carbamates (subject to hydrolysis) is 1. The SMILES string of the molecule is C=C/C=C/CCNC(=O)C(CC(=O)O)NC(=O)OCC1c2ccccc2-c2ccccc21. The number of fused-ring (bicyclic) bond motifs is 3. The molecule has 2 aromatic carbocycles. The van der Waals surface area contributed by atoms with Crippen LogP contribution in [-0.2, 0) is 14.3 Å². The van der Waals surface area contributed by atoms with E-state index < -0.39 is 30.4 Å². The van der Waals surface area contributed by atoms with Crippen molar-refractivity contribution in [3.05, 3.63) is 84.5 Å². The average Bonchev–Trinajstić information content (AvgIpc) is 3.10. The molecule has 7 heteroatoms. The highest BCUT2D eigenvalue weighted by Crippen LogP contribution is 2.44. The van der Waals surface area contributed by atoms with Gasteiger partial charge < -0.3 is 20.5 Å². The van der Waals surface area contributed by atoms with E-state index >= 15 is 0 Å². The zero-order chi connectivity index (χ0) is 22.9. The summed E-state index contributed by atoms with van der Waals surface area (Å²) in [6.07, 6.45) is 4.36. The first-order valence-corrected chi connectivity index (χ1v) is 10.4. The molecule has 7 nitrogen and oxygen atoms in total. The van der Waals surface area contributed by atoms with Crippen LogP contribution in [0.3, 0.4) is 0 Å². The molecule has 3 rings (SSSR count). The Kier molecular flexibility index (Phi) is 7.80. The number of aliphatic carboxylic acids is 1. The van der Waals surface area contributed by atoms with Crippen LogP contribution < -0.4 is 10.6 Å². The van der Waals surface area contributed by atoms with Crippen LogP contribution in [0, 0.1) is 0 Å². The van der Waals surface area contributed by atoms with Gasteiger partial charge in [-0.05, 0) is 28.7 Å². The van der Waals surface area contributed by atoms with Crippen LogP contribution in [0.1, 0.15) is 29.9 Å². The molecule has 0 aliphatic heterocycles. The average molecular weight is 434 g/mol. The van der Waals surface area contributed by atoms with Crippen molar-refractivity contribution in [3.8, 4) is 11.1 Å². The van der Waals surface area contributed by atoms with Gasteiger partial charge in [-0.25, -0.2) is 4.79 Å². The second-order valence-electron chi connectivity index (χ2n) is 7.36. The summed E-state index contributed by atoms with van der Waals surface area (Å²) in [6.45, 7) is 3.95. The van der Waals surface area contributed by atoms with Crippen molar-refractivity contribution in [1.82, 2.24) is 10.6 Å². The van der Waals surface area contributed by atoms with Crippen LogP contribution in [0.5, 0.6) is 0 Å². The molecule has 166 valence electrons. The van der Waals surface area contributed by atoms with Gasteiger partial charge in [0.1, 0.15) is 12.6 Å². The first-order valence-electron chi connectivity index (χ1n) is 10.4. The number of carbonyl (C=O) groups excluding carboxylic acids is 2. The molecule has 1 atom stereocenters. The summed E-state index contributed by atoms with van der Waals surface area (Å²) >= 11 is 0. The van der Waals surface area contributed by atoms with Crippen LogP contribution in [0.4, 0.5) is 4.79 Å². The first kappa shape index (κ1) is 22.8. The summed E-state index contributed by atoms with van der Waals surface area (Å²) in [5.41, 5.74) is 4.33. The van der Waals surface area contributed by atoms with Crippen LogP contribution in [0.15, 0.2) is 73.3 Å². The maximum absolute atomic E-state index is 12.4. The molecule has 32 heavy (non-hydrogen) atoms. The second-order valence-corrected chi connectivity index (χ2v) is 7.36. The van der Waals surface area contributed by atoms with Crippen molar-refractivity contribution >= 4 is 18.0 Å². The molecule has 0 spiro atoms. The van der Waals surface area contributed by atoms with Gasteiger partial charge in [-0.15, -0.1) is 0 Å². The van der Waals surface area contributed by atoms with E-state index in [0.717, 1.165) is 22.3 Å². The standard InChI is InChI=1S/C25H26N2O5/c1-2-3-4-9-14-26-24(30)22(15-23(28)29)27-25(31)32-16-21-19-12-7-5-10-17(19)18-11-6-8-13-20(18)21/h2-8,10-13,21-22H,1,9,14-16H2,(H,26,30)(H,27,31)(H,28,29)/b4-3+. The van der Waals surface area contributed by atoms with Gasteiger partial charge in [0.25, 0.3) is 0 Å². The van der Waals surface area contributed by atoms with Gasteiger partial charge in [0, 0.05) is 12.5 Å². The maximum atomic E-state index is 12.4. The van der Waals surface area contributed by atoms with Crippen molar-refractivity contribution in [2.75, 3.05) is 13.2 Å². The number of amides is 2. The normalized spacial score (nSPS) is 13.1. The molecule has 0 bridgehead atoms. The van der Waals surface area contributed by atoms with Crippen LogP contribution >= 0.6 is 0 Å². The highest BCUT2D eigenvalue weighted by atomic mass is 16.5. The predicted octanol–water partition coefficient (Wildman–Crippen LogP) is 3.62. The monoisotopic (exact) mass is 434 g/mol. The summed E-state index contributed by atoms with van der Waals surface area (Å²) in [6, 6.07) is 14.7. The zero-order valence-electron chi connectivity index (χ0n) is 17.6. The fraction of sp³-hybridized carbons (Fsp3) is 0.240. The number of benzene rings is 2. The smallest absolute Gasteiger partial charge is 0.407 e. The van der Waals surface area contributed by atoms with Gasteiger partial charge in [0.15, 0.2) is 0 Å². The van der Waals surface area contributed by atoms with Crippen molar-refractivity contribution in [2.45, 2.75) is 24.8 Å². The summed E-state index contributed by atoms with van der Waals surface area (Å²) in [5, 5.41) is 14.1. The Morgan fingerprint density at radius 3 is 2.28 bits per heavy atom. The van der Waals surface area contributed by atoms with Crippen LogP contribution in [0.2, 0.25) is 0 Å². The summed E-state index contributed by atoms with van der Waals surface area (Å²) < 4.78 is 5.41. The lowest BCUT2D eigenvalue weighted by Gasteiger charge is -2.18. The molecule has 0 heterocycles. The number of allylic oxidation sites excluding steroid dienone is 2. The largest absolute Gasteiger partial charge is 0.481 e. The summed E-state index contributed by atoms with van der Waals surface area (Å²) in [4.78, 5) is 35.9. The minimum absolute atomic E-state index is 0.0770.